The Bertz CT molecular complexity index is 767. The Kier molecular flexibility index (Phi) is 3.85. The van der Waals surface area contributed by atoms with Gasteiger partial charge in [-0.25, -0.2) is 4.68 Å². The summed E-state index contributed by atoms with van der Waals surface area (Å²) in [5, 5.41) is 8.69. The van der Waals surface area contributed by atoms with Gasteiger partial charge in [0.25, 0.3) is 0 Å². The van der Waals surface area contributed by atoms with Crippen LogP contribution in [0.2, 0.25) is 0 Å². The molecule has 6 heteroatoms. The summed E-state index contributed by atoms with van der Waals surface area (Å²) in [5.41, 5.74) is 2.08. The minimum Gasteiger partial charge on any atom is -0.265 e. The van der Waals surface area contributed by atoms with E-state index < -0.39 is 0 Å². The summed E-state index contributed by atoms with van der Waals surface area (Å²) in [7, 11) is 1.78. The molecule has 3 heterocycles. The number of hydrogen-bond acceptors (Lipinski definition) is 5. The van der Waals surface area contributed by atoms with Crippen LogP contribution in [0.5, 0.6) is 0 Å². The topological polar surface area (TPSA) is 42.5 Å². The molecule has 0 radical (unpaired) electrons. The Labute approximate surface area is 124 Å². The second-order valence-corrected chi connectivity index (χ2v) is 5.73. The van der Waals surface area contributed by atoms with Crippen molar-refractivity contribution in [2.45, 2.75) is 0 Å². The van der Waals surface area contributed by atoms with Gasteiger partial charge in [0.1, 0.15) is 0 Å². The van der Waals surface area contributed by atoms with E-state index in [2.05, 4.69) is 31.9 Å². The summed E-state index contributed by atoms with van der Waals surface area (Å²) < 4.78 is 1.87. The third kappa shape index (κ3) is 2.61. The molecule has 0 unspecified atom stereocenters. The number of aromatic nitrogens is 2. The number of hydrogen-bond donors (Lipinski definition) is 0. The van der Waals surface area contributed by atoms with Gasteiger partial charge in [-0.2, -0.15) is 5.10 Å². The number of pyridine rings is 1. The van der Waals surface area contributed by atoms with Crippen LogP contribution in [-0.4, -0.2) is 22.9 Å². The fourth-order valence-corrected chi connectivity index (χ4v) is 3.33. The smallest absolute Gasteiger partial charge is 0.205 e. The zero-order chi connectivity index (χ0) is 13.8. The molecular weight excluding hydrogens is 288 g/mol. The normalized spacial score (nSPS) is 12.3. The number of nitrogens with zero attached hydrogens (tertiary/aromatic N) is 4. The first kappa shape index (κ1) is 13.0. The van der Waals surface area contributed by atoms with E-state index in [1.54, 1.807) is 42.1 Å². The van der Waals surface area contributed by atoms with Crippen molar-refractivity contribution >= 4 is 28.9 Å². The lowest BCUT2D eigenvalue weighted by Crippen LogP contribution is -2.11. The van der Waals surface area contributed by atoms with Crippen LogP contribution in [0.4, 0.5) is 0 Å². The summed E-state index contributed by atoms with van der Waals surface area (Å²) in [6, 6.07) is 7.97. The second kappa shape index (κ2) is 5.94. The third-order valence-electron chi connectivity index (χ3n) is 2.68. The van der Waals surface area contributed by atoms with Crippen molar-refractivity contribution in [3.8, 4) is 10.6 Å². The maximum absolute atomic E-state index is 4.55. The van der Waals surface area contributed by atoms with Crippen molar-refractivity contribution in [1.29, 1.82) is 0 Å². The van der Waals surface area contributed by atoms with Crippen LogP contribution >= 0.6 is 22.7 Å². The van der Waals surface area contributed by atoms with Gasteiger partial charge in [0.15, 0.2) is 0 Å². The largest absolute Gasteiger partial charge is 0.265 e. The minimum absolute atomic E-state index is 0.874. The summed E-state index contributed by atoms with van der Waals surface area (Å²) >= 11 is 3.28. The fourth-order valence-electron chi connectivity index (χ4n) is 1.73. The molecule has 0 N–H and O–H groups in total. The molecular formula is C14H12N4S2. The lowest BCUT2D eigenvalue weighted by molar-refractivity contribution is 0.850. The molecule has 3 aromatic rings. The van der Waals surface area contributed by atoms with E-state index in [4.69, 9.17) is 0 Å². The van der Waals surface area contributed by atoms with Gasteiger partial charge < -0.3 is 0 Å². The zero-order valence-electron chi connectivity index (χ0n) is 10.8. The molecule has 0 saturated carbocycles. The van der Waals surface area contributed by atoms with Gasteiger partial charge in [-0.05, 0) is 29.1 Å². The first-order valence-corrected chi connectivity index (χ1v) is 7.76. The first-order chi connectivity index (χ1) is 9.88. The maximum Gasteiger partial charge on any atom is 0.205 e. The predicted molar refractivity (Wildman–Crippen MR) is 84.3 cm³/mol. The maximum atomic E-state index is 4.55. The van der Waals surface area contributed by atoms with E-state index in [9.17, 15) is 0 Å². The molecule has 0 amide bonds. The van der Waals surface area contributed by atoms with Gasteiger partial charge in [-0.1, -0.05) is 6.07 Å². The van der Waals surface area contributed by atoms with Crippen LogP contribution in [0.1, 0.15) is 5.56 Å². The Morgan fingerprint density at radius 3 is 2.75 bits per heavy atom. The molecule has 0 atom stereocenters. The molecule has 100 valence electrons. The van der Waals surface area contributed by atoms with E-state index >= 15 is 0 Å². The van der Waals surface area contributed by atoms with Crippen molar-refractivity contribution in [2.24, 2.45) is 10.1 Å². The molecule has 0 aliphatic carbocycles. The molecule has 0 bridgehead atoms. The van der Waals surface area contributed by atoms with Crippen molar-refractivity contribution in [2.75, 3.05) is 7.05 Å². The van der Waals surface area contributed by atoms with Crippen LogP contribution in [0, 0.1) is 0 Å². The first-order valence-electron chi connectivity index (χ1n) is 6.00. The van der Waals surface area contributed by atoms with Crippen molar-refractivity contribution in [1.82, 2.24) is 9.66 Å². The zero-order valence-corrected chi connectivity index (χ0v) is 12.4. The molecule has 20 heavy (non-hydrogen) atoms. The van der Waals surface area contributed by atoms with Crippen LogP contribution in [0.15, 0.2) is 57.5 Å². The van der Waals surface area contributed by atoms with Crippen LogP contribution in [0.25, 0.3) is 10.6 Å². The molecule has 0 fully saturated rings. The van der Waals surface area contributed by atoms with E-state index in [1.807, 2.05) is 29.1 Å². The molecule has 0 saturated heterocycles. The summed E-state index contributed by atoms with van der Waals surface area (Å²) in [4.78, 5) is 10.3. The van der Waals surface area contributed by atoms with Gasteiger partial charge >= 0.3 is 0 Å². The highest BCUT2D eigenvalue weighted by Crippen LogP contribution is 2.24. The van der Waals surface area contributed by atoms with Crippen LogP contribution in [-0.2, 0) is 0 Å². The summed E-state index contributed by atoms with van der Waals surface area (Å²) in [5.74, 6) is 0. The average molecular weight is 300 g/mol. The fraction of sp³-hybridized carbons (Fsp3) is 0.0714. The quantitative estimate of drug-likeness (QED) is 0.685. The summed E-state index contributed by atoms with van der Waals surface area (Å²) in [6.45, 7) is 0. The van der Waals surface area contributed by atoms with E-state index in [-0.39, 0.29) is 0 Å². The molecule has 0 aliphatic heterocycles. The highest BCUT2D eigenvalue weighted by molar-refractivity contribution is 7.14. The second-order valence-electron chi connectivity index (χ2n) is 3.94. The predicted octanol–water partition coefficient (Wildman–Crippen LogP) is 3.09. The Balaban J connectivity index is 2.05. The lowest BCUT2D eigenvalue weighted by Gasteiger charge is -2.00. The standard InChI is InChI=1S/C14H12N4S2/c1-15-14-18(17-9-11-4-6-16-7-5-11)12(10-20-14)13-3-2-8-19-13/h2-10H,1H3. The number of thiazole rings is 1. The van der Waals surface area contributed by atoms with Gasteiger partial charge in [0, 0.05) is 24.8 Å². The molecule has 3 aromatic heterocycles. The van der Waals surface area contributed by atoms with E-state index in [1.165, 1.54) is 4.88 Å². The Hall–Kier alpha value is -2.05. The molecule has 0 spiro atoms. The van der Waals surface area contributed by atoms with Gasteiger partial charge in [-0.3, -0.25) is 9.98 Å². The van der Waals surface area contributed by atoms with Crippen molar-refractivity contribution in [3.05, 3.63) is 57.8 Å². The Morgan fingerprint density at radius 1 is 1.20 bits per heavy atom. The average Bonchev–Trinajstić information content (AvgIpc) is 3.14. The highest BCUT2D eigenvalue weighted by Gasteiger charge is 2.07. The van der Waals surface area contributed by atoms with E-state index in [0.717, 1.165) is 16.1 Å². The minimum atomic E-state index is 0.874. The monoisotopic (exact) mass is 300 g/mol. The van der Waals surface area contributed by atoms with Crippen molar-refractivity contribution < 1.29 is 0 Å². The molecule has 0 aromatic carbocycles. The Morgan fingerprint density at radius 2 is 2.05 bits per heavy atom. The summed E-state index contributed by atoms with van der Waals surface area (Å²) in [6.07, 6.45) is 5.33. The van der Waals surface area contributed by atoms with Gasteiger partial charge in [0.2, 0.25) is 4.80 Å². The number of rotatable bonds is 3. The van der Waals surface area contributed by atoms with Crippen LogP contribution in [0.3, 0.4) is 0 Å². The van der Waals surface area contributed by atoms with E-state index in [0.29, 0.717) is 0 Å². The van der Waals surface area contributed by atoms with Crippen LogP contribution < -0.4 is 4.80 Å². The SMILES string of the molecule is CN=c1scc(-c2cccs2)n1N=Cc1ccncc1. The molecule has 4 nitrogen and oxygen atoms in total. The van der Waals surface area contributed by atoms with Gasteiger partial charge in [0.05, 0.1) is 16.8 Å². The number of thiophene rings is 1. The third-order valence-corrected chi connectivity index (χ3v) is 4.48. The van der Waals surface area contributed by atoms with Gasteiger partial charge in [-0.15, -0.1) is 22.7 Å². The molecule has 3 rings (SSSR count). The lowest BCUT2D eigenvalue weighted by atomic mass is 10.3. The molecule has 0 aliphatic rings. The highest BCUT2D eigenvalue weighted by atomic mass is 32.1. The van der Waals surface area contributed by atoms with Crippen molar-refractivity contribution in [3.63, 3.8) is 0 Å².